The van der Waals surface area contributed by atoms with Gasteiger partial charge >= 0.3 is 0 Å². The Morgan fingerprint density at radius 1 is 1.24 bits per heavy atom. The minimum Gasteiger partial charge on any atom is -0.311 e. The molecule has 1 aliphatic rings. The van der Waals surface area contributed by atoms with E-state index in [0.29, 0.717) is 12.1 Å². The number of rotatable bonds is 4. The summed E-state index contributed by atoms with van der Waals surface area (Å²) in [6, 6.07) is 5.07. The molecule has 17 heavy (non-hydrogen) atoms. The second kappa shape index (κ2) is 5.58. The highest BCUT2D eigenvalue weighted by molar-refractivity contribution is 5.18. The van der Waals surface area contributed by atoms with E-state index in [0.717, 1.165) is 12.0 Å². The van der Waals surface area contributed by atoms with Gasteiger partial charge in [0, 0.05) is 12.1 Å². The van der Waals surface area contributed by atoms with Gasteiger partial charge in [0.1, 0.15) is 0 Å². The average Bonchev–Trinajstić information content (AvgIpc) is 2.76. The first kappa shape index (κ1) is 12.5. The summed E-state index contributed by atoms with van der Waals surface area (Å²) < 4.78 is 25.8. The van der Waals surface area contributed by atoms with Crippen LogP contribution in [0.2, 0.25) is 0 Å². The second-order valence-electron chi connectivity index (χ2n) is 5.00. The Bertz CT molecular complexity index is 372. The number of halogens is 2. The van der Waals surface area contributed by atoms with Crippen molar-refractivity contribution in [2.45, 2.75) is 51.1 Å². The van der Waals surface area contributed by atoms with Gasteiger partial charge in [-0.25, -0.2) is 8.78 Å². The first-order valence-corrected chi connectivity index (χ1v) is 6.35. The molecule has 3 heteroatoms. The monoisotopic (exact) mass is 239 g/mol. The molecule has 1 aliphatic carbocycles. The Morgan fingerprint density at radius 2 is 1.94 bits per heavy atom. The summed E-state index contributed by atoms with van der Waals surface area (Å²) in [7, 11) is 0. The molecule has 0 spiro atoms. The minimum atomic E-state index is -0.773. The molecule has 0 radical (unpaired) electrons. The molecule has 0 aliphatic heterocycles. The van der Waals surface area contributed by atoms with Crippen LogP contribution in [0.15, 0.2) is 18.2 Å². The predicted molar refractivity (Wildman–Crippen MR) is 64.9 cm³/mol. The maximum absolute atomic E-state index is 13.0. The van der Waals surface area contributed by atoms with Crippen LogP contribution in [-0.2, 0) is 6.42 Å². The Balaban J connectivity index is 1.88. The van der Waals surface area contributed by atoms with Crippen LogP contribution in [0, 0.1) is 11.6 Å². The highest BCUT2D eigenvalue weighted by Crippen LogP contribution is 2.19. The van der Waals surface area contributed by atoms with Crippen LogP contribution in [0.5, 0.6) is 0 Å². The van der Waals surface area contributed by atoms with Crippen LogP contribution in [0.1, 0.15) is 38.2 Å². The molecule has 1 aromatic rings. The smallest absolute Gasteiger partial charge is 0.159 e. The molecule has 1 fully saturated rings. The maximum Gasteiger partial charge on any atom is 0.159 e. The Hall–Kier alpha value is -0.960. The van der Waals surface area contributed by atoms with Crippen LogP contribution in [0.4, 0.5) is 8.78 Å². The average molecular weight is 239 g/mol. The Labute approximate surface area is 101 Å². The van der Waals surface area contributed by atoms with Crippen molar-refractivity contribution >= 4 is 0 Å². The van der Waals surface area contributed by atoms with Crippen molar-refractivity contribution in [3.05, 3.63) is 35.4 Å². The molecule has 0 aromatic heterocycles. The van der Waals surface area contributed by atoms with E-state index in [2.05, 4.69) is 12.2 Å². The molecule has 1 atom stereocenters. The zero-order chi connectivity index (χ0) is 12.3. The number of nitrogens with one attached hydrogen (secondary N) is 1. The molecule has 2 rings (SSSR count). The zero-order valence-electron chi connectivity index (χ0n) is 10.2. The fourth-order valence-corrected chi connectivity index (χ4v) is 2.57. The summed E-state index contributed by atoms with van der Waals surface area (Å²) in [6.07, 6.45) is 5.82. The van der Waals surface area contributed by atoms with Gasteiger partial charge in [-0.05, 0) is 43.9 Å². The third-order valence-corrected chi connectivity index (χ3v) is 3.40. The van der Waals surface area contributed by atoms with E-state index < -0.39 is 11.6 Å². The van der Waals surface area contributed by atoms with Crippen molar-refractivity contribution in [1.82, 2.24) is 5.32 Å². The van der Waals surface area contributed by atoms with Gasteiger partial charge in [-0.1, -0.05) is 18.9 Å². The minimum absolute atomic E-state index is 0.308. The molecule has 1 nitrogen and oxygen atoms in total. The van der Waals surface area contributed by atoms with Crippen LogP contribution in [0.3, 0.4) is 0 Å². The summed E-state index contributed by atoms with van der Waals surface area (Å²) in [6.45, 7) is 2.10. The Kier molecular flexibility index (Phi) is 4.11. The van der Waals surface area contributed by atoms with E-state index in [1.54, 1.807) is 6.07 Å². The fraction of sp³-hybridized carbons (Fsp3) is 0.571. The zero-order valence-corrected chi connectivity index (χ0v) is 10.2. The van der Waals surface area contributed by atoms with Gasteiger partial charge in [0.05, 0.1) is 0 Å². The van der Waals surface area contributed by atoms with Gasteiger partial charge < -0.3 is 5.32 Å². The first-order chi connectivity index (χ1) is 8.15. The molecular weight excluding hydrogens is 220 g/mol. The summed E-state index contributed by atoms with van der Waals surface area (Å²) in [5.74, 6) is -1.53. The van der Waals surface area contributed by atoms with Gasteiger partial charge in [-0.3, -0.25) is 0 Å². The highest BCUT2D eigenvalue weighted by Gasteiger charge is 2.17. The molecule has 0 amide bonds. The van der Waals surface area contributed by atoms with Crippen molar-refractivity contribution in [2.75, 3.05) is 0 Å². The molecule has 0 saturated heterocycles. The van der Waals surface area contributed by atoms with Crippen molar-refractivity contribution in [3.8, 4) is 0 Å². The molecule has 94 valence electrons. The van der Waals surface area contributed by atoms with Crippen LogP contribution in [-0.4, -0.2) is 12.1 Å². The van der Waals surface area contributed by atoms with Crippen molar-refractivity contribution in [2.24, 2.45) is 0 Å². The van der Waals surface area contributed by atoms with Crippen LogP contribution >= 0.6 is 0 Å². The normalized spacial score (nSPS) is 18.5. The second-order valence-corrected chi connectivity index (χ2v) is 5.00. The van der Waals surface area contributed by atoms with Gasteiger partial charge in [-0.2, -0.15) is 0 Å². The van der Waals surface area contributed by atoms with E-state index in [1.807, 2.05) is 0 Å². The standard InChI is InChI=1S/C14H19F2N/c1-10(17-12-4-2-3-5-12)8-11-6-7-13(15)14(16)9-11/h6-7,9-10,12,17H,2-5,8H2,1H3. The molecule has 1 unspecified atom stereocenters. The van der Waals surface area contributed by atoms with Gasteiger partial charge in [0.15, 0.2) is 11.6 Å². The summed E-state index contributed by atoms with van der Waals surface area (Å²) in [5.41, 5.74) is 0.849. The first-order valence-electron chi connectivity index (χ1n) is 6.35. The van der Waals surface area contributed by atoms with Gasteiger partial charge in [0.2, 0.25) is 0 Å². The predicted octanol–water partition coefficient (Wildman–Crippen LogP) is 3.43. The van der Waals surface area contributed by atoms with E-state index in [4.69, 9.17) is 0 Å². The largest absolute Gasteiger partial charge is 0.311 e. The van der Waals surface area contributed by atoms with Crippen LogP contribution < -0.4 is 5.32 Å². The van der Waals surface area contributed by atoms with Crippen molar-refractivity contribution in [3.63, 3.8) is 0 Å². The SMILES string of the molecule is CC(Cc1ccc(F)c(F)c1)NC1CCCC1. The van der Waals surface area contributed by atoms with Gasteiger partial charge in [0.25, 0.3) is 0 Å². The molecule has 1 saturated carbocycles. The summed E-state index contributed by atoms with van der Waals surface area (Å²) >= 11 is 0. The molecular formula is C14H19F2N. The molecule has 1 aromatic carbocycles. The Morgan fingerprint density at radius 3 is 2.59 bits per heavy atom. The lowest BCUT2D eigenvalue weighted by Gasteiger charge is -2.19. The van der Waals surface area contributed by atoms with Crippen LogP contribution in [0.25, 0.3) is 0 Å². The lowest BCUT2D eigenvalue weighted by molar-refractivity contribution is 0.446. The van der Waals surface area contributed by atoms with Gasteiger partial charge in [-0.15, -0.1) is 0 Å². The maximum atomic E-state index is 13.0. The molecule has 0 bridgehead atoms. The fourth-order valence-electron chi connectivity index (χ4n) is 2.57. The number of benzene rings is 1. The van der Waals surface area contributed by atoms with E-state index in [-0.39, 0.29) is 0 Å². The van der Waals surface area contributed by atoms with Crippen molar-refractivity contribution < 1.29 is 8.78 Å². The highest BCUT2D eigenvalue weighted by atomic mass is 19.2. The third kappa shape index (κ3) is 3.50. The number of hydrogen-bond acceptors (Lipinski definition) is 1. The summed E-state index contributed by atoms with van der Waals surface area (Å²) in [4.78, 5) is 0. The molecule has 1 N–H and O–H groups in total. The molecule has 0 heterocycles. The number of hydrogen-bond donors (Lipinski definition) is 1. The third-order valence-electron chi connectivity index (χ3n) is 3.40. The van der Waals surface area contributed by atoms with E-state index >= 15 is 0 Å². The summed E-state index contributed by atoms with van der Waals surface area (Å²) in [5, 5.41) is 3.55. The van der Waals surface area contributed by atoms with Crippen molar-refractivity contribution in [1.29, 1.82) is 0 Å². The quantitative estimate of drug-likeness (QED) is 0.848. The topological polar surface area (TPSA) is 12.0 Å². The van der Waals surface area contributed by atoms with E-state index in [9.17, 15) is 8.78 Å². The van der Waals surface area contributed by atoms with E-state index in [1.165, 1.54) is 37.8 Å². The lowest BCUT2D eigenvalue weighted by Crippen LogP contribution is -2.35. The lowest BCUT2D eigenvalue weighted by atomic mass is 10.1.